The van der Waals surface area contributed by atoms with Gasteiger partial charge in [0.2, 0.25) is 0 Å². The van der Waals surface area contributed by atoms with Crippen LogP contribution in [0.5, 0.6) is 0 Å². The molecule has 0 saturated carbocycles. The van der Waals surface area contributed by atoms with Crippen LogP contribution in [0.4, 0.5) is 5.69 Å². The molecule has 0 atom stereocenters. The van der Waals surface area contributed by atoms with Crippen molar-refractivity contribution in [1.82, 2.24) is 10.4 Å². The van der Waals surface area contributed by atoms with Crippen molar-refractivity contribution in [2.45, 2.75) is 6.92 Å². The van der Waals surface area contributed by atoms with E-state index in [0.29, 0.717) is 5.69 Å². The highest BCUT2D eigenvalue weighted by molar-refractivity contribution is 5.83. The highest BCUT2D eigenvalue weighted by Crippen LogP contribution is 2.07. The molecule has 1 amide bonds. The van der Waals surface area contributed by atoms with Crippen LogP contribution in [-0.2, 0) is 4.79 Å². The van der Waals surface area contributed by atoms with Gasteiger partial charge < -0.3 is 5.32 Å². The van der Waals surface area contributed by atoms with E-state index in [1.54, 1.807) is 12.3 Å². The summed E-state index contributed by atoms with van der Waals surface area (Å²) in [4.78, 5) is 15.6. The van der Waals surface area contributed by atoms with E-state index in [1.165, 1.54) is 11.8 Å². The van der Waals surface area contributed by atoms with Gasteiger partial charge in [-0.25, -0.2) is 5.43 Å². The molecular formula is C15H16N4O. The van der Waals surface area contributed by atoms with Crippen molar-refractivity contribution >= 4 is 17.8 Å². The molecule has 1 heterocycles. The molecule has 0 aliphatic heterocycles. The van der Waals surface area contributed by atoms with Gasteiger partial charge in [0.25, 0.3) is 5.91 Å². The fraction of sp³-hybridized carbons (Fsp3) is 0.133. The zero-order chi connectivity index (χ0) is 14.2. The first-order chi connectivity index (χ1) is 9.74. The standard InChI is InChI=1S/C15H16N4O/c1-12-5-7-13(8-6-12)17-11-15(20)19-18-10-14-4-2-3-9-16-14/h2-10,17H,11H2,1H3,(H,19,20). The summed E-state index contributed by atoms with van der Waals surface area (Å²) < 4.78 is 0. The average Bonchev–Trinajstić information content (AvgIpc) is 2.48. The fourth-order valence-corrected chi connectivity index (χ4v) is 1.52. The minimum Gasteiger partial charge on any atom is -0.376 e. The van der Waals surface area contributed by atoms with Gasteiger partial charge in [-0.15, -0.1) is 0 Å². The number of benzene rings is 1. The van der Waals surface area contributed by atoms with Gasteiger partial charge in [0.15, 0.2) is 0 Å². The minimum absolute atomic E-state index is 0.169. The number of hydrogen-bond acceptors (Lipinski definition) is 4. The van der Waals surface area contributed by atoms with Crippen molar-refractivity contribution in [1.29, 1.82) is 0 Å². The van der Waals surface area contributed by atoms with Gasteiger partial charge >= 0.3 is 0 Å². The van der Waals surface area contributed by atoms with E-state index in [-0.39, 0.29) is 12.5 Å². The van der Waals surface area contributed by atoms with Crippen molar-refractivity contribution in [3.05, 3.63) is 59.9 Å². The van der Waals surface area contributed by atoms with E-state index >= 15 is 0 Å². The number of aromatic nitrogens is 1. The number of amides is 1. The molecule has 0 bridgehead atoms. The molecule has 0 aliphatic carbocycles. The Morgan fingerprint density at radius 2 is 2.05 bits per heavy atom. The van der Waals surface area contributed by atoms with Crippen LogP contribution in [0.2, 0.25) is 0 Å². The second-order valence-electron chi connectivity index (χ2n) is 4.27. The van der Waals surface area contributed by atoms with Crippen molar-refractivity contribution < 1.29 is 4.79 Å². The Labute approximate surface area is 117 Å². The van der Waals surface area contributed by atoms with E-state index in [2.05, 4.69) is 20.8 Å². The first kappa shape index (κ1) is 13.7. The molecule has 20 heavy (non-hydrogen) atoms. The summed E-state index contributed by atoms with van der Waals surface area (Å²) in [5.41, 5.74) is 5.22. The first-order valence-electron chi connectivity index (χ1n) is 6.27. The second-order valence-corrected chi connectivity index (χ2v) is 4.27. The van der Waals surface area contributed by atoms with Gasteiger partial charge in [-0.05, 0) is 31.2 Å². The lowest BCUT2D eigenvalue weighted by Crippen LogP contribution is -2.25. The molecule has 2 rings (SSSR count). The average molecular weight is 268 g/mol. The van der Waals surface area contributed by atoms with Crippen molar-refractivity contribution in [3.8, 4) is 0 Å². The highest BCUT2D eigenvalue weighted by Gasteiger charge is 1.99. The van der Waals surface area contributed by atoms with Crippen LogP contribution >= 0.6 is 0 Å². The van der Waals surface area contributed by atoms with Crippen LogP contribution in [0.25, 0.3) is 0 Å². The lowest BCUT2D eigenvalue weighted by molar-refractivity contribution is -0.119. The number of nitrogens with one attached hydrogen (secondary N) is 2. The molecular weight excluding hydrogens is 252 g/mol. The number of aryl methyl sites for hydroxylation is 1. The zero-order valence-corrected chi connectivity index (χ0v) is 11.2. The Hall–Kier alpha value is -2.69. The molecule has 0 saturated heterocycles. The Bertz CT molecular complexity index is 579. The van der Waals surface area contributed by atoms with Crippen molar-refractivity contribution in [2.75, 3.05) is 11.9 Å². The van der Waals surface area contributed by atoms with Crippen LogP contribution in [0.1, 0.15) is 11.3 Å². The summed E-state index contributed by atoms with van der Waals surface area (Å²) in [7, 11) is 0. The van der Waals surface area contributed by atoms with Gasteiger partial charge in [0.1, 0.15) is 0 Å². The summed E-state index contributed by atoms with van der Waals surface area (Å²) in [5, 5.41) is 6.86. The quantitative estimate of drug-likeness (QED) is 0.643. The number of pyridine rings is 1. The summed E-state index contributed by atoms with van der Waals surface area (Å²) in [6.45, 7) is 2.19. The van der Waals surface area contributed by atoms with Crippen LogP contribution in [0, 0.1) is 6.92 Å². The second kappa shape index (κ2) is 7.04. The number of hydrogen-bond donors (Lipinski definition) is 2. The molecule has 5 nitrogen and oxygen atoms in total. The Morgan fingerprint density at radius 3 is 2.75 bits per heavy atom. The number of hydrazone groups is 1. The highest BCUT2D eigenvalue weighted by atomic mass is 16.2. The lowest BCUT2D eigenvalue weighted by atomic mass is 10.2. The maximum Gasteiger partial charge on any atom is 0.259 e. The van der Waals surface area contributed by atoms with Gasteiger partial charge in [-0.2, -0.15) is 5.10 Å². The SMILES string of the molecule is Cc1ccc(NCC(=O)NN=Cc2ccccn2)cc1. The number of anilines is 1. The monoisotopic (exact) mass is 268 g/mol. The summed E-state index contributed by atoms with van der Waals surface area (Å²) in [6.07, 6.45) is 3.17. The third-order valence-corrected chi connectivity index (χ3v) is 2.58. The number of nitrogens with zero attached hydrogens (tertiary/aromatic N) is 2. The van der Waals surface area contributed by atoms with E-state index in [0.717, 1.165) is 5.69 Å². The largest absolute Gasteiger partial charge is 0.376 e. The van der Waals surface area contributed by atoms with E-state index < -0.39 is 0 Å². The van der Waals surface area contributed by atoms with E-state index in [4.69, 9.17) is 0 Å². The third kappa shape index (κ3) is 4.53. The normalized spacial score (nSPS) is 10.4. The predicted molar refractivity (Wildman–Crippen MR) is 79.6 cm³/mol. The number of rotatable bonds is 5. The van der Waals surface area contributed by atoms with Crippen LogP contribution < -0.4 is 10.7 Å². The predicted octanol–water partition coefficient (Wildman–Crippen LogP) is 1.95. The van der Waals surface area contributed by atoms with Crippen LogP contribution in [0.15, 0.2) is 53.8 Å². The Kier molecular flexibility index (Phi) is 4.83. The smallest absolute Gasteiger partial charge is 0.259 e. The summed E-state index contributed by atoms with van der Waals surface area (Å²) >= 11 is 0. The van der Waals surface area contributed by atoms with Gasteiger partial charge in [0.05, 0.1) is 18.5 Å². The maximum atomic E-state index is 11.6. The van der Waals surface area contributed by atoms with Crippen molar-refractivity contribution in [2.24, 2.45) is 5.10 Å². The summed E-state index contributed by atoms with van der Waals surface area (Å²) in [5.74, 6) is -0.210. The van der Waals surface area contributed by atoms with Crippen molar-refractivity contribution in [3.63, 3.8) is 0 Å². The Morgan fingerprint density at radius 1 is 1.25 bits per heavy atom. The number of carbonyl (C=O) groups excluding carboxylic acids is 1. The van der Waals surface area contributed by atoms with E-state index in [9.17, 15) is 4.79 Å². The van der Waals surface area contributed by atoms with E-state index in [1.807, 2.05) is 43.3 Å². The molecule has 5 heteroatoms. The summed E-state index contributed by atoms with van der Waals surface area (Å²) in [6, 6.07) is 13.3. The number of carbonyl (C=O) groups is 1. The maximum absolute atomic E-state index is 11.6. The molecule has 0 radical (unpaired) electrons. The molecule has 0 spiro atoms. The molecule has 2 N–H and O–H groups in total. The third-order valence-electron chi connectivity index (χ3n) is 2.58. The van der Waals surface area contributed by atoms with Crippen LogP contribution in [-0.4, -0.2) is 23.7 Å². The minimum atomic E-state index is -0.210. The zero-order valence-electron chi connectivity index (χ0n) is 11.2. The topological polar surface area (TPSA) is 66.4 Å². The van der Waals surface area contributed by atoms with Gasteiger partial charge in [-0.1, -0.05) is 23.8 Å². The van der Waals surface area contributed by atoms with Gasteiger partial charge in [0, 0.05) is 11.9 Å². The molecule has 0 aliphatic rings. The fourth-order valence-electron chi connectivity index (χ4n) is 1.52. The molecule has 2 aromatic rings. The molecule has 1 aromatic carbocycles. The molecule has 0 unspecified atom stereocenters. The molecule has 102 valence electrons. The van der Waals surface area contributed by atoms with Crippen LogP contribution in [0.3, 0.4) is 0 Å². The first-order valence-corrected chi connectivity index (χ1v) is 6.27. The van der Waals surface area contributed by atoms with Gasteiger partial charge in [-0.3, -0.25) is 9.78 Å². The molecule has 0 fully saturated rings. The Balaban J connectivity index is 1.76. The lowest BCUT2D eigenvalue weighted by Gasteiger charge is -2.05. The molecule has 1 aromatic heterocycles.